The lowest BCUT2D eigenvalue weighted by molar-refractivity contribution is -0.388. The fraction of sp³-hybridized carbons (Fsp3) is 0.474. The fourth-order valence-electron chi connectivity index (χ4n) is 3.57. The molecule has 0 unspecified atom stereocenters. The molecule has 0 N–H and O–H groups in total. The highest BCUT2D eigenvalue weighted by atomic mass is 32.1. The molecule has 2 heterocycles. The Morgan fingerprint density at radius 3 is 2.58 bits per heavy atom. The predicted octanol–water partition coefficient (Wildman–Crippen LogP) is 3.48. The monoisotopic (exact) mass is 502 g/mol. The minimum Gasteiger partial charge on any atom is -0.334 e. The maximum Gasteiger partial charge on any atom is 0.423 e. The Morgan fingerprint density at radius 1 is 1.27 bits per heavy atom. The van der Waals surface area contributed by atoms with E-state index in [-0.39, 0.29) is 10.8 Å². The molecular weight excluding hydrogens is 481 g/mol. The lowest BCUT2D eigenvalue weighted by Gasteiger charge is -2.29. The minimum absolute atomic E-state index is 0.0331. The Kier molecular flexibility index (Phi) is 6.98. The van der Waals surface area contributed by atoms with Crippen LogP contribution in [-0.4, -0.2) is 53.7 Å². The van der Waals surface area contributed by atoms with E-state index < -0.39 is 33.8 Å². The summed E-state index contributed by atoms with van der Waals surface area (Å²) in [6.07, 6.45) is -2.04. The molecule has 14 heteroatoms. The zero-order valence-corrected chi connectivity index (χ0v) is 19.5. The normalized spacial score (nSPS) is 16.1. The maximum atomic E-state index is 13.4. The number of alkyl halides is 3. The van der Waals surface area contributed by atoms with Gasteiger partial charge >= 0.3 is 6.18 Å². The second kappa shape index (κ2) is 9.25. The van der Waals surface area contributed by atoms with Gasteiger partial charge in [-0.2, -0.15) is 25.8 Å². The van der Waals surface area contributed by atoms with Gasteiger partial charge in [-0.05, 0) is 51.0 Å². The quantitative estimate of drug-likeness (QED) is 0.255. The molecule has 0 bridgehead atoms. The van der Waals surface area contributed by atoms with Crippen molar-refractivity contribution < 1.29 is 22.9 Å². The summed E-state index contributed by atoms with van der Waals surface area (Å²) >= 11 is 9.58. The van der Waals surface area contributed by atoms with Crippen LogP contribution < -0.4 is 4.90 Å². The number of nitro benzene ring substituents is 1. The average Bonchev–Trinajstić information content (AvgIpc) is 3.23. The third kappa shape index (κ3) is 4.95. The van der Waals surface area contributed by atoms with Gasteiger partial charge in [-0.25, -0.2) is 0 Å². The first-order valence-electron chi connectivity index (χ1n) is 9.89. The van der Waals surface area contributed by atoms with Crippen molar-refractivity contribution in [1.29, 1.82) is 0 Å². The van der Waals surface area contributed by atoms with E-state index in [0.717, 1.165) is 22.7 Å². The van der Waals surface area contributed by atoms with Crippen molar-refractivity contribution in [2.45, 2.75) is 44.9 Å². The highest BCUT2D eigenvalue weighted by molar-refractivity contribution is 7.80. The first kappa shape index (κ1) is 24.9. The Bertz CT molecular complexity index is 1090. The topological polar surface area (TPSA) is 97.4 Å². The van der Waals surface area contributed by atoms with Crippen LogP contribution in [0.3, 0.4) is 0 Å². The van der Waals surface area contributed by atoms with Gasteiger partial charge in [0, 0.05) is 24.6 Å². The summed E-state index contributed by atoms with van der Waals surface area (Å²) in [7, 11) is 0. The molecule has 1 aliphatic heterocycles. The molecule has 1 fully saturated rings. The van der Waals surface area contributed by atoms with Gasteiger partial charge in [0.15, 0.2) is 5.11 Å². The number of nitrogens with zero attached hydrogens (tertiary/aromatic N) is 6. The molecule has 1 aromatic carbocycles. The molecule has 1 amide bonds. The number of aryl methyl sites for hydroxylation is 2. The molecular formula is C19H21F3N6O3S2. The van der Waals surface area contributed by atoms with E-state index in [1.165, 1.54) is 0 Å². The molecule has 0 saturated carbocycles. The van der Waals surface area contributed by atoms with Gasteiger partial charge in [0.1, 0.15) is 11.1 Å². The largest absolute Gasteiger partial charge is 0.423 e. The number of rotatable bonds is 8. The SMILES string of the molecule is CC1(C)C(=O)N(c2ccc([N+](=O)[O-])c(C(F)(F)F)c2)C(=S)N1CCCc1cn(CCS)nn1. The summed E-state index contributed by atoms with van der Waals surface area (Å²) in [5, 5.41) is 19.1. The number of carbonyl (C=O) groups excluding carboxylic acids is 1. The van der Waals surface area contributed by atoms with E-state index in [4.69, 9.17) is 12.2 Å². The van der Waals surface area contributed by atoms with Crippen LogP contribution in [0.1, 0.15) is 31.5 Å². The lowest BCUT2D eigenvalue weighted by atomic mass is 10.0. The smallest absolute Gasteiger partial charge is 0.334 e. The number of hydrogen-bond donors (Lipinski definition) is 1. The molecule has 178 valence electrons. The number of anilines is 1. The number of thiocarbonyl (C=S) groups is 1. The van der Waals surface area contributed by atoms with Crippen molar-refractivity contribution in [2.24, 2.45) is 0 Å². The maximum absolute atomic E-state index is 13.4. The Labute approximate surface area is 198 Å². The van der Waals surface area contributed by atoms with Gasteiger partial charge in [0.05, 0.1) is 22.8 Å². The number of aromatic nitrogens is 3. The zero-order chi connectivity index (χ0) is 24.6. The van der Waals surface area contributed by atoms with Crippen LogP contribution in [0.4, 0.5) is 24.5 Å². The molecule has 1 saturated heterocycles. The van der Waals surface area contributed by atoms with E-state index in [1.807, 2.05) is 0 Å². The molecule has 2 aromatic rings. The minimum atomic E-state index is -4.97. The molecule has 1 aromatic heterocycles. The van der Waals surface area contributed by atoms with Gasteiger partial charge < -0.3 is 4.90 Å². The molecule has 3 rings (SSSR count). The molecule has 33 heavy (non-hydrogen) atoms. The molecule has 0 atom stereocenters. The standard InChI is InChI=1S/C19H21F3N6O3S2/c1-18(2)16(29)27(13-5-6-15(28(30)31)14(10-13)19(20,21)22)17(33)26(18)7-3-4-12-11-25(8-9-32)24-23-12/h5-6,10-11,32H,3-4,7-9H2,1-2H3. The van der Waals surface area contributed by atoms with Crippen LogP contribution in [0.2, 0.25) is 0 Å². The van der Waals surface area contributed by atoms with Gasteiger partial charge in [-0.1, -0.05) is 5.21 Å². The molecule has 0 radical (unpaired) electrons. The number of carbonyl (C=O) groups is 1. The second-order valence-corrected chi connectivity index (χ2v) is 8.70. The van der Waals surface area contributed by atoms with Crippen molar-refractivity contribution in [1.82, 2.24) is 19.9 Å². The zero-order valence-electron chi connectivity index (χ0n) is 17.7. The summed E-state index contributed by atoms with van der Waals surface area (Å²) < 4.78 is 41.9. The Hall–Kier alpha value is -2.74. The molecule has 0 aliphatic carbocycles. The highest BCUT2D eigenvalue weighted by Gasteiger charge is 2.50. The van der Waals surface area contributed by atoms with E-state index in [9.17, 15) is 28.1 Å². The van der Waals surface area contributed by atoms with Gasteiger partial charge in [0.2, 0.25) is 0 Å². The summed E-state index contributed by atoms with van der Waals surface area (Å²) in [6, 6.07) is 2.41. The van der Waals surface area contributed by atoms with Crippen LogP contribution in [-0.2, 0) is 23.9 Å². The molecule has 9 nitrogen and oxygen atoms in total. The predicted molar refractivity (Wildman–Crippen MR) is 121 cm³/mol. The van der Waals surface area contributed by atoms with Gasteiger partial charge in [-0.3, -0.25) is 24.5 Å². The fourth-order valence-corrected chi connectivity index (χ4v) is 4.28. The van der Waals surface area contributed by atoms with Crippen LogP contribution in [0.25, 0.3) is 0 Å². The van der Waals surface area contributed by atoms with E-state index in [2.05, 4.69) is 22.9 Å². The van der Waals surface area contributed by atoms with Crippen LogP contribution >= 0.6 is 24.8 Å². The first-order valence-corrected chi connectivity index (χ1v) is 10.9. The van der Waals surface area contributed by atoms with Crippen molar-refractivity contribution in [2.75, 3.05) is 17.2 Å². The van der Waals surface area contributed by atoms with Crippen molar-refractivity contribution >= 4 is 47.2 Å². The Morgan fingerprint density at radius 2 is 1.97 bits per heavy atom. The number of amides is 1. The number of halogens is 3. The second-order valence-electron chi connectivity index (χ2n) is 7.89. The van der Waals surface area contributed by atoms with Crippen LogP contribution in [0.5, 0.6) is 0 Å². The number of nitro groups is 1. The summed E-state index contributed by atoms with van der Waals surface area (Å²) in [5.74, 6) is 0.101. The third-order valence-corrected chi connectivity index (χ3v) is 5.90. The molecule has 0 spiro atoms. The van der Waals surface area contributed by atoms with Crippen molar-refractivity contribution in [3.63, 3.8) is 0 Å². The van der Waals surface area contributed by atoms with E-state index in [1.54, 1.807) is 29.6 Å². The van der Waals surface area contributed by atoms with Gasteiger partial charge in [-0.15, -0.1) is 5.10 Å². The number of thiol groups is 1. The van der Waals surface area contributed by atoms with Crippen molar-refractivity contribution in [3.05, 3.63) is 45.8 Å². The highest BCUT2D eigenvalue weighted by Crippen LogP contribution is 2.40. The summed E-state index contributed by atoms with van der Waals surface area (Å²) in [6.45, 7) is 4.23. The average molecular weight is 503 g/mol. The summed E-state index contributed by atoms with van der Waals surface area (Å²) in [4.78, 5) is 25.6. The molecule has 1 aliphatic rings. The van der Waals surface area contributed by atoms with Crippen molar-refractivity contribution in [3.8, 4) is 0 Å². The number of hydrogen-bond acceptors (Lipinski definition) is 7. The third-order valence-electron chi connectivity index (χ3n) is 5.29. The van der Waals surface area contributed by atoms with Gasteiger partial charge in [0.25, 0.3) is 11.6 Å². The van der Waals surface area contributed by atoms with E-state index in [0.29, 0.717) is 37.8 Å². The lowest BCUT2D eigenvalue weighted by Crippen LogP contribution is -2.44. The van der Waals surface area contributed by atoms with E-state index >= 15 is 0 Å². The van der Waals surface area contributed by atoms with Crippen LogP contribution in [0.15, 0.2) is 24.4 Å². The first-order chi connectivity index (χ1) is 15.4. The number of benzene rings is 1. The van der Waals surface area contributed by atoms with Crippen LogP contribution in [0, 0.1) is 10.1 Å². The summed E-state index contributed by atoms with van der Waals surface area (Å²) in [5.41, 5.74) is -3.06. The Balaban J connectivity index is 1.81.